The van der Waals surface area contributed by atoms with Gasteiger partial charge in [0, 0.05) is 57.2 Å². The Morgan fingerprint density at radius 3 is 1.29 bits per heavy atom. The molecule has 0 fully saturated rings. The van der Waals surface area contributed by atoms with Gasteiger partial charge in [0.15, 0.2) is 17.5 Å². The van der Waals surface area contributed by atoms with Gasteiger partial charge >= 0.3 is 0 Å². The Hall–Kier alpha value is -8.48. The smallest absolute Gasteiger partial charge is 0.164 e. The third-order valence-electron chi connectivity index (χ3n) is 11.3. The van der Waals surface area contributed by atoms with Gasteiger partial charge in [-0.25, -0.2) is 15.0 Å². The van der Waals surface area contributed by atoms with Crippen LogP contribution in [0.1, 0.15) is 0 Å². The monoisotopic (exact) mass is 792 g/mol. The molecule has 0 radical (unpaired) electrons. The summed E-state index contributed by atoms with van der Waals surface area (Å²) in [6.45, 7) is 0. The summed E-state index contributed by atoms with van der Waals surface area (Å²) in [5, 5.41) is 4.47. The fourth-order valence-corrected chi connectivity index (χ4v) is 8.08. The summed E-state index contributed by atoms with van der Waals surface area (Å²) in [5.41, 5.74) is 12.6. The predicted molar refractivity (Wildman–Crippen MR) is 252 cm³/mol. The molecule has 6 heteroatoms. The third kappa shape index (κ3) is 7.16. The molecule has 0 N–H and O–H groups in total. The first-order chi connectivity index (χ1) is 30.7. The number of nitrogens with zero attached hydrogens (tertiary/aromatic N) is 6. The van der Waals surface area contributed by atoms with E-state index in [1.807, 2.05) is 73.2 Å². The lowest BCUT2D eigenvalue weighted by atomic mass is 9.95. The number of pyridine rings is 3. The van der Waals surface area contributed by atoms with Crippen molar-refractivity contribution in [3.63, 3.8) is 0 Å². The minimum absolute atomic E-state index is 0.574. The van der Waals surface area contributed by atoms with Gasteiger partial charge in [0.25, 0.3) is 0 Å². The number of rotatable bonds is 8. The van der Waals surface area contributed by atoms with Crippen LogP contribution in [0.2, 0.25) is 0 Å². The molecule has 4 aromatic heterocycles. The zero-order valence-electron chi connectivity index (χ0n) is 33.5. The van der Waals surface area contributed by atoms with E-state index in [1.54, 1.807) is 0 Å². The maximum absolute atomic E-state index is 5.18. The third-order valence-corrected chi connectivity index (χ3v) is 11.3. The quantitative estimate of drug-likeness (QED) is 0.152. The average Bonchev–Trinajstić information content (AvgIpc) is 3.36. The molecule has 62 heavy (non-hydrogen) atoms. The van der Waals surface area contributed by atoms with Crippen molar-refractivity contribution >= 4 is 21.5 Å². The summed E-state index contributed by atoms with van der Waals surface area (Å²) in [6.07, 6.45) is 5.65. The van der Waals surface area contributed by atoms with Gasteiger partial charge in [-0.15, -0.1) is 0 Å². The minimum Gasteiger partial charge on any atom is -0.256 e. The summed E-state index contributed by atoms with van der Waals surface area (Å²) in [4.78, 5) is 29.9. The van der Waals surface area contributed by atoms with Crippen molar-refractivity contribution in [3.05, 3.63) is 219 Å². The second-order valence-corrected chi connectivity index (χ2v) is 15.2. The van der Waals surface area contributed by atoms with Crippen LogP contribution in [-0.4, -0.2) is 29.9 Å². The Morgan fingerprint density at radius 1 is 0.258 bits per heavy atom. The van der Waals surface area contributed by atoms with E-state index in [4.69, 9.17) is 29.9 Å². The molecule has 0 saturated carbocycles. The molecule has 0 bridgehead atoms. The average molecular weight is 793 g/mol. The van der Waals surface area contributed by atoms with Gasteiger partial charge in [-0.1, -0.05) is 164 Å². The molecule has 11 aromatic rings. The summed E-state index contributed by atoms with van der Waals surface area (Å²) >= 11 is 0. The van der Waals surface area contributed by atoms with E-state index < -0.39 is 0 Å². The van der Waals surface area contributed by atoms with Crippen molar-refractivity contribution in [2.24, 2.45) is 0 Å². The molecule has 0 amide bonds. The molecule has 0 saturated heterocycles. The number of hydrogen-bond donors (Lipinski definition) is 0. The van der Waals surface area contributed by atoms with Crippen LogP contribution in [0.4, 0.5) is 0 Å². The van der Waals surface area contributed by atoms with Crippen molar-refractivity contribution in [3.8, 4) is 90.2 Å². The van der Waals surface area contributed by atoms with E-state index in [-0.39, 0.29) is 0 Å². The lowest BCUT2D eigenvalue weighted by molar-refractivity contribution is 1.07. The van der Waals surface area contributed by atoms with Crippen LogP contribution in [-0.2, 0) is 0 Å². The normalized spacial score (nSPS) is 11.2. The maximum atomic E-state index is 5.18. The van der Waals surface area contributed by atoms with Gasteiger partial charge in [-0.05, 0) is 75.0 Å². The molecule has 0 aliphatic heterocycles. The second-order valence-electron chi connectivity index (χ2n) is 15.2. The molecular weight excluding hydrogens is 757 g/mol. The summed E-state index contributed by atoms with van der Waals surface area (Å²) in [6, 6.07) is 68.9. The molecule has 0 unspecified atom stereocenters. The van der Waals surface area contributed by atoms with Crippen LogP contribution in [0.5, 0.6) is 0 Å². The zero-order valence-corrected chi connectivity index (χ0v) is 33.5. The molecule has 0 aliphatic carbocycles. The zero-order chi connectivity index (χ0) is 41.2. The van der Waals surface area contributed by atoms with Crippen LogP contribution in [0.3, 0.4) is 0 Å². The summed E-state index contributed by atoms with van der Waals surface area (Å²) < 4.78 is 0. The lowest BCUT2D eigenvalue weighted by Gasteiger charge is -2.13. The standard InChI is InChI=1S/C56H36N6/c1-3-11-37(12-4-1)38-21-25-44(26-22-38)55-60-54(43-15-5-2-6-16-43)61-56(62-55)48-34-46(39-19-23-42(24-20-39)52-49-17-9-7-13-40(49)29-31-57-52)33-47(35-48)45-27-28-51(59-36-45)53-50-18-10-8-14-41(50)30-32-58-53/h1-36H. The second kappa shape index (κ2) is 15.9. The fraction of sp³-hybridized carbons (Fsp3) is 0. The van der Waals surface area contributed by atoms with E-state index in [0.717, 1.165) is 94.3 Å². The van der Waals surface area contributed by atoms with Crippen molar-refractivity contribution in [1.29, 1.82) is 0 Å². The van der Waals surface area contributed by atoms with Gasteiger partial charge in [-0.3, -0.25) is 15.0 Å². The van der Waals surface area contributed by atoms with Crippen LogP contribution in [0.25, 0.3) is 112 Å². The fourth-order valence-electron chi connectivity index (χ4n) is 8.08. The maximum Gasteiger partial charge on any atom is 0.164 e. The van der Waals surface area contributed by atoms with Crippen LogP contribution < -0.4 is 0 Å². The van der Waals surface area contributed by atoms with Crippen LogP contribution in [0, 0.1) is 0 Å². The van der Waals surface area contributed by atoms with Crippen molar-refractivity contribution in [2.75, 3.05) is 0 Å². The SMILES string of the molecule is c1ccc(-c2ccc(-c3nc(-c4ccccc4)nc(-c4cc(-c5ccc(-c6nccc7ccccc67)cc5)cc(-c5ccc(-c6nccc7ccccc67)nc5)c4)n3)cc2)cc1. The Labute approximate surface area is 359 Å². The molecule has 4 heterocycles. The van der Waals surface area contributed by atoms with E-state index >= 15 is 0 Å². The molecule has 6 nitrogen and oxygen atoms in total. The molecule has 0 aliphatic rings. The molecule has 0 atom stereocenters. The number of hydrogen-bond acceptors (Lipinski definition) is 6. The highest BCUT2D eigenvalue weighted by atomic mass is 15.0. The molecule has 11 rings (SSSR count). The van der Waals surface area contributed by atoms with Gasteiger partial charge in [0.1, 0.15) is 0 Å². The van der Waals surface area contributed by atoms with Crippen molar-refractivity contribution in [1.82, 2.24) is 29.9 Å². The largest absolute Gasteiger partial charge is 0.256 e. The molecule has 7 aromatic carbocycles. The Balaban J connectivity index is 1.05. The van der Waals surface area contributed by atoms with Gasteiger partial charge in [-0.2, -0.15) is 0 Å². The number of fused-ring (bicyclic) bond motifs is 2. The predicted octanol–water partition coefficient (Wildman–Crippen LogP) is 13.7. The highest BCUT2D eigenvalue weighted by Crippen LogP contribution is 2.36. The lowest BCUT2D eigenvalue weighted by Crippen LogP contribution is -2.00. The first-order valence-electron chi connectivity index (χ1n) is 20.6. The number of benzene rings is 7. The number of aromatic nitrogens is 6. The summed E-state index contributed by atoms with van der Waals surface area (Å²) in [7, 11) is 0. The van der Waals surface area contributed by atoms with E-state index in [1.165, 1.54) is 0 Å². The van der Waals surface area contributed by atoms with E-state index in [2.05, 4.69) is 146 Å². The van der Waals surface area contributed by atoms with Crippen LogP contribution >= 0.6 is 0 Å². The van der Waals surface area contributed by atoms with Gasteiger partial charge in [0.2, 0.25) is 0 Å². The van der Waals surface area contributed by atoms with Gasteiger partial charge < -0.3 is 0 Å². The molecule has 290 valence electrons. The molecule has 0 spiro atoms. The Morgan fingerprint density at radius 2 is 0.677 bits per heavy atom. The topological polar surface area (TPSA) is 77.3 Å². The Bertz CT molecular complexity index is 3220. The highest BCUT2D eigenvalue weighted by Gasteiger charge is 2.16. The first kappa shape index (κ1) is 36.6. The summed E-state index contributed by atoms with van der Waals surface area (Å²) in [5.74, 6) is 1.77. The Kier molecular flexibility index (Phi) is 9.41. The van der Waals surface area contributed by atoms with Gasteiger partial charge in [0.05, 0.1) is 17.1 Å². The van der Waals surface area contributed by atoms with E-state index in [9.17, 15) is 0 Å². The van der Waals surface area contributed by atoms with Crippen LogP contribution in [0.15, 0.2) is 219 Å². The minimum atomic E-state index is 0.574. The van der Waals surface area contributed by atoms with E-state index in [0.29, 0.717) is 17.5 Å². The molecular formula is C56H36N6. The van der Waals surface area contributed by atoms with Crippen molar-refractivity contribution < 1.29 is 0 Å². The highest BCUT2D eigenvalue weighted by molar-refractivity contribution is 5.95. The van der Waals surface area contributed by atoms with Crippen molar-refractivity contribution in [2.45, 2.75) is 0 Å². The first-order valence-corrected chi connectivity index (χ1v) is 20.6.